The third-order valence-electron chi connectivity index (χ3n) is 3.37. The SMILES string of the molecule is COCCN(CCC(N)=S)CC(=O)NC1CCCC1. The van der Waals surface area contributed by atoms with E-state index in [1.165, 1.54) is 12.8 Å². The number of rotatable bonds is 9. The molecule has 5 nitrogen and oxygen atoms in total. The molecule has 0 spiro atoms. The van der Waals surface area contributed by atoms with E-state index in [1.807, 2.05) is 4.90 Å². The second-order valence-corrected chi connectivity index (χ2v) is 5.56. The topological polar surface area (TPSA) is 67.6 Å². The van der Waals surface area contributed by atoms with Gasteiger partial charge in [-0.2, -0.15) is 0 Å². The van der Waals surface area contributed by atoms with Crippen LogP contribution >= 0.6 is 12.2 Å². The lowest BCUT2D eigenvalue weighted by atomic mass is 10.2. The predicted octanol–water partition coefficient (Wildman–Crippen LogP) is 0.670. The van der Waals surface area contributed by atoms with Crippen LogP contribution in [0.15, 0.2) is 0 Å². The minimum absolute atomic E-state index is 0.0888. The van der Waals surface area contributed by atoms with Crippen molar-refractivity contribution in [3.05, 3.63) is 0 Å². The highest BCUT2D eigenvalue weighted by Gasteiger charge is 2.18. The summed E-state index contributed by atoms with van der Waals surface area (Å²) in [6.45, 7) is 2.42. The number of amides is 1. The summed E-state index contributed by atoms with van der Waals surface area (Å²) in [5, 5.41) is 3.09. The van der Waals surface area contributed by atoms with E-state index in [0.29, 0.717) is 37.1 Å². The third-order valence-corrected chi connectivity index (χ3v) is 3.58. The Labute approximate surface area is 120 Å². The number of ether oxygens (including phenoxy) is 1. The number of methoxy groups -OCH3 is 1. The van der Waals surface area contributed by atoms with Crippen molar-refractivity contribution in [1.29, 1.82) is 0 Å². The number of nitrogens with two attached hydrogens (primary N) is 1. The van der Waals surface area contributed by atoms with Gasteiger partial charge in [-0.1, -0.05) is 25.1 Å². The highest BCUT2D eigenvalue weighted by atomic mass is 32.1. The first-order valence-electron chi connectivity index (χ1n) is 6.90. The summed E-state index contributed by atoms with van der Waals surface area (Å²) in [6, 6.07) is 0.368. The first-order valence-corrected chi connectivity index (χ1v) is 7.31. The third kappa shape index (κ3) is 7.44. The highest BCUT2D eigenvalue weighted by Crippen LogP contribution is 2.17. The minimum Gasteiger partial charge on any atom is -0.393 e. The van der Waals surface area contributed by atoms with Crippen molar-refractivity contribution >= 4 is 23.1 Å². The van der Waals surface area contributed by atoms with E-state index in [-0.39, 0.29) is 5.91 Å². The maximum atomic E-state index is 12.0. The Morgan fingerprint density at radius 1 is 1.42 bits per heavy atom. The first kappa shape index (κ1) is 16.3. The quantitative estimate of drug-likeness (QED) is 0.610. The maximum Gasteiger partial charge on any atom is 0.234 e. The molecule has 19 heavy (non-hydrogen) atoms. The van der Waals surface area contributed by atoms with Crippen LogP contribution in [-0.4, -0.2) is 55.2 Å². The van der Waals surface area contributed by atoms with Gasteiger partial charge in [0.2, 0.25) is 5.91 Å². The van der Waals surface area contributed by atoms with Gasteiger partial charge in [-0.05, 0) is 12.8 Å². The zero-order valence-electron chi connectivity index (χ0n) is 11.7. The van der Waals surface area contributed by atoms with Crippen LogP contribution in [0, 0.1) is 0 Å². The molecule has 0 aliphatic heterocycles. The van der Waals surface area contributed by atoms with Crippen LogP contribution < -0.4 is 11.1 Å². The van der Waals surface area contributed by atoms with Gasteiger partial charge in [0.05, 0.1) is 18.1 Å². The molecule has 1 aliphatic carbocycles. The predicted molar refractivity (Wildman–Crippen MR) is 80.1 cm³/mol. The molecule has 0 bridgehead atoms. The Balaban J connectivity index is 2.31. The van der Waals surface area contributed by atoms with Crippen LogP contribution in [0.3, 0.4) is 0 Å². The maximum absolute atomic E-state index is 12.0. The number of carbonyl (C=O) groups excluding carboxylic acids is 1. The van der Waals surface area contributed by atoms with Gasteiger partial charge in [-0.15, -0.1) is 0 Å². The molecule has 1 aliphatic rings. The van der Waals surface area contributed by atoms with E-state index in [1.54, 1.807) is 7.11 Å². The van der Waals surface area contributed by atoms with E-state index in [2.05, 4.69) is 5.32 Å². The fourth-order valence-electron chi connectivity index (χ4n) is 2.31. The Hall–Kier alpha value is -0.720. The second kappa shape index (κ2) is 9.23. The molecule has 1 fully saturated rings. The molecule has 110 valence electrons. The van der Waals surface area contributed by atoms with Crippen LogP contribution in [-0.2, 0) is 9.53 Å². The number of hydrogen-bond donors (Lipinski definition) is 2. The molecule has 0 saturated heterocycles. The van der Waals surface area contributed by atoms with Crippen molar-refractivity contribution < 1.29 is 9.53 Å². The zero-order chi connectivity index (χ0) is 14.1. The summed E-state index contributed by atoms with van der Waals surface area (Å²) in [5.41, 5.74) is 5.51. The van der Waals surface area contributed by atoms with Gasteiger partial charge >= 0.3 is 0 Å². The molecule has 0 unspecified atom stereocenters. The molecular weight excluding hydrogens is 262 g/mol. The van der Waals surface area contributed by atoms with Crippen molar-refractivity contribution in [2.24, 2.45) is 5.73 Å². The van der Waals surface area contributed by atoms with Crippen LogP contribution in [0.1, 0.15) is 32.1 Å². The Morgan fingerprint density at radius 3 is 2.68 bits per heavy atom. The molecular formula is C13H25N3O2S. The van der Waals surface area contributed by atoms with Gasteiger partial charge in [0, 0.05) is 32.7 Å². The van der Waals surface area contributed by atoms with Crippen molar-refractivity contribution in [2.75, 3.05) is 33.4 Å². The molecule has 0 heterocycles. The number of nitrogens with one attached hydrogen (secondary N) is 1. The van der Waals surface area contributed by atoms with Crippen molar-refractivity contribution in [3.63, 3.8) is 0 Å². The lowest BCUT2D eigenvalue weighted by molar-refractivity contribution is -0.123. The van der Waals surface area contributed by atoms with E-state index < -0.39 is 0 Å². The molecule has 0 aromatic heterocycles. The second-order valence-electron chi connectivity index (χ2n) is 5.03. The van der Waals surface area contributed by atoms with E-state index in [4.69, 9.17) is 22.7 Å². The molecule has 0 radical (unpaired) electrons. The van der Waals surface area contributed by atoms with Gasteiger partial charge in [0.15, 0.2) is 0 Å². The van der Waals surface area contributed by atoms with Gasteiger partial charge in [-0.25, -0.2) is 0 Å². The lowest BCUT2D eigenvalue weighted by Gasteiger charge is -2.22. The summed E-state index contributed by atoms with van der Waals surface area (Å²) in [6.07, 6.45) is 5.29. The molecule has 3 N–H and O–H groups in total. The van der Waals surface area contributed by atoms with Crippen molar-refractivity contribution in [2.45, 2.75) is 38.1 Å². The number of hydrogen-bond acceptors (Lipinski definition) is 4. The van der Waals surface area contributed by atoms with E-state index in [9.17, 15) is 4.79 Å². The number of nitrogens with zero attached hydrogens (tertiary/aromatic N) is 1. The van der Waals surface area contributed by atoms with E-state index >= 15 is 0 Å². The lowest BCUT2D eigenvalue weighted by Crippen LogP contribution is -2.43. The van der Waals surface area contributed by atoms with Gasteiger partial charge in [0.25, 0.3) is 0 Å². The molecule has 0 aromatic carbocycles. The average molecular weight is 287 g/mol. The highest BCUT2D eigenvalue weighted by molar-refractivity contribution is 7.80. The summed E-state index contributed by atoms with van der Waals surface area (Å²) < 4.78 is 5.06. The summed E-state index contributed by atoms with van der Waals surface area (Å²) >= 11 is 4.88. The summed E-state index contributed by atoms with van der Waals surface area (Å²) in [5.74, 6) is 0.0888. The van der Waals surface area contributed by atoms with Crippen LogP contribution in [0.4, 0.5) is 0 Å². The minimum atomic E-state index is 0.0888. The van der Waals surface area contributed by atoms with E-state index in [0.717, 1.165) is 19.4 Å². The number of thiocarbonyl (C=S) groups is 1. The molecule has 1 rings (SSSR count). The molecule has 0 aromatic rings. The fourth-order valence-corrected chi connectivity index (χ4v) is 2.40. The Morgan fingerprint density at radius 2 is 2.11 bits per heavy atom. The largest absolute Gasteiger partial charge is 0.393 e. The Kier molecular flexibility index (Phi) is 7.93. The van der Waals surface area contributed by atoms with Crippen molar-refractivity contribution in [3.8, 4) is 0 Å². The van der Waals surface area contributed by atoms with Gasteiger partial charge in [-0.3, -0.25) is 9.69 Å². The van der Waals surface area contributed by atoms with Crippen LogP contribution in [0.25, 0.3) is 0 Å². The van der Waals surface area contributed by atoms with Crippen LogP contribution in [0.2, 0.25) is 0 Å². The average Bonchev–Trinajstić information content (AvgIpc) is 2.85. The van der Waals surface area contributed by atoms with Gasteiger partial charge in [0.1, 0.15) is 0 Å². The fraction of sp³-hybridized carbons (Fsp3) is 0.846. The molecule has 1 amide bonds. The zero-order valence-corrected chi connectivity index (χ0v) is 12.5. The first-order chi connectivity index (χ1) is 9.11. The normalized spacial score (nSPS) is 15.9. The smallest absolute Gasteiger partial charge is 0.234 e. The number of carbonyl (C=O) groups is 1. The Bertz CT molecular complexity index is 294. The van der Waals surface area contributed by atoms with Gasteiger partial charge < -0.3 is 15.8 Å². The molecule has 1 saturated carbocycles. The monoisotopic (exact) mass is 287 g/mol. The standard InChI is InChI=1S/C13H25N3O2S/c1-18-9-8-16(7-6-12(14)19)10-13(17)15-11-4-2-3-5-11/h11H,2-10H2,1H3,(H2,14,19)(H,15,17). The molecule has 6 heteroatoms. The van der Waals surface area contributed by atoms with Crippen molar-refractivity contribution in [1.82, 2.24) is 10.2 Å². The summed E-state index contributed by atoms with van der Waals surface area (Å²) in [4.78, 5) is 14.5. The van der Waals surface area contributed by atoms with Crippen LogP contribution in [0.5, 0.6) is 0 Å². The summed E-state index contributed by atoms with van der Waals surface area (Å²) in [7, 11) is 1.66. The molecule has 0 atom stereocenters.